The molecule has 31 heavy (non-hydrogen) atoms. The molecule has 2 heterocycles. The highest BCUT2D eigenvalue weighted by Gasteiger charge is 2.31. The molecule has 2 N–H and O–H groups in total. The fraction of sp³-hybridized carbons (Fsp3) is 0.273. The minimum atomic E-state index is -0.442. The average molecular weight is 432 g/mol. The molecule has 2 atom stereocenters. The lowest BCUT2D eigenvalue weighted by Gasteiger charge is -2.27. The Morgan fingerprint density at radius 3 is 2.68 bits per heavy atom. The molecule has 156 valence electrons. The Hall–Kier alpha value is -3.64. The van der Waals surface area contributed by atoms with Crippen LogP contribution in [0, 0.1) is 23.2 Å². The SMILES string of the molecule is CN(C)C(=O)[C@@H]1CC=C(c2cnc(N)c(-c3nnc(-c4ccccc4)s3)n2)C(C#N)C1. The van der Waals surface area contributed by atoms with Crippen LogP contribution in [0.2, 0.25) is 0 Å². The van der Waals surface area contributed by atoms with Crippen LogP contribution in [0.1, 0.15) is 18.5 Å². The van der Waals surface area contributed by atoms with Gasteiger partial charge in [0.15, 0.2) is 10.8 Å². The molecule has 0 fully saturated rings. The molecule has 1 unspecified atom stereocenters. The van der Waals surface area contributed by atoms with E-state index in [1.807, 2.05) is 36.4 Å². The summed E-state index contributed by atoms with van der Waals surface area (Å²) >= 11 is 1.38. The number of nitriles is 1. The summed E-state index contributed by atoms with van der Waals surface area (Å²) in [5, 5.41) is 19.6. The second-order valence-electron chi connectivity index (χ2n) is 7.51. The lowest BCUT2D eigenvalue weighted by atomic mass is 9.80. The van der Waals surface area contributed by atoms with E-state index in [-0.39, 0.29) is 17.6 Å². The number of carbonyl (C=O) groups excluding carboxylic acids is 1. The molecule has 8 nitrogen and oxygen atoms in total. The molecule has 0 saturated carbocycles. The van der Waals surface area contributed by atoms with Gasteiger partial charge in [-0.3, -0.25) is 4.79 Å². The maximum atomic E-state index is 12.3. The van der Waals surface area contributed by atoms with Crippen LogP contribution in [0.4, 0.5) is 5.82 Å². The summed E-state index contributed by atoms with van der Waals surface area (Å²) in [5.41, 5.74) is 8.84. The first-order valence-electron chi connectivity index (χ1n) is 9.81. The number of rotatable bonds is 4. The monoisotopic (exact) mass is 431 g/mol. The quantitative estimate of drug-likeness (QED) is 0.673. The van der Waals surface area contributed by atoms with Crippen molar-refractivity contribution in [2.45, 2.75) is 12.8 Å². The third-order valence-electron chi connectivity index (χ3n) is 5.21. The van der Waals surface area contributed by atoms with Gasteiger partial charge in [0.25, 0.3) is 0 Å². The number of benzene rings is 1. The van der Waals surface area contributed by atoms with Crippen LogP contribution in [-0.2, 0) is 4.79 Å². The number of hydrogen-bond donors (Lipinski definition) is 1. The van der Waals surface area contributed by atoms with Crippen molar-refractivity contribution >= 4 is 28.6 Å². The summed E-state index contributed by atoms with van der Waals surface area (Å²) in [6.07, 6.45) is 4.51. The van der Waals surface area contributed by atoms with E-state index in [2.05, 4.69) is 26.2 Å². The van der Waals surface area contributed by atoms with E-state index in [0.29, 0.717) is 29.2 Å². The van der Waals surface area contributed by atoms with Gasteiger partial charge in [-0.25, -0.2) is 9.97 Å². The Kier molecular flexibility index (Phi) is 5.73. The molecule has 9 heteroatoms. The van der Waals surface area contributed by atoms with E-state index >= 15 is 0 Å². The van der Waals surface area contributed by atoms with Crippen LogP contribution >= 0.6 is 11.3 Å². The van der Waals surface area contributed by atoms with E-state index in [4.69, 9.17) is 5.73 Å². The van der Waals surface area contributed by atoms with Crippen molar-refractivity contribution in [1.82, 2.24) is 25.1 Å². The molecule has 0 bridgehead atoms. The average Bonchev–Trinajstić information content (AvgIpc) is 3.29. The summed E-state index contributed by atoms with van der Waals surface area (Å²) in [5.74, 6) is -0.365. The highest BCUT2D eigenvalue weighted by atomic mass is 32.1. The lowest BCUT2D eigenvalue weighted by Crippen LogP contribution is -2.32. The molecule has 1 aliphatic rings. The number of nitrogens with zero attached hydrogens (tertiary/aromatic N) is 6. The molecule has 1 amide bonds. The van der Waals surface area contributed by atoms with Gasteiger partial charge in [0.2, 0.25) is 5.91 Å². The third-order valence-corrected chi connectivity index (χ3v) is 6.19. The summed E-state index contributed by atoms with van der Waals surface area (Å²) in [6, 6.07) is 12.1. The number of carbonyl (C=O) groups is 1. The topological polar surface area (TPSA) is 122 Å². The molecule has 1 aliphatic carbocycles. The van der Waals surface area contributed by atoms with E-state index < -0.39 is 5.92 Å². The van der Waals surface area contributed by atoms with Gasteiger partial charge in [-0.1, -0.05) is 47.7 Å². The molecule has 1 aromatic carbocycles. The van der Waals surface area contributed by atoms with Crippen LogP contribution in [0.3, 0.4) is 0 Å². The number of aromatic nitrogens is 4. The number of nitrogen functional groups attached to an aromatic ring is 1. The van der Waals surface area contributed by atoms with Crippen LogP contribution in [-0.4, -0.2) is 45.1 Å². The summed E-state index contributed by atoms with van der Waals surface area (Å²) < 4.78 is 0. The Bertz CT molecular complexity index is 1180. The smallest absolute Gasteiger partial charge is 0.225 e. The first-order chi connectivity index (χ1) is 15.0. The standard InChI is InChI=1S/C22H21N7OS/c1-29(2)22(30)14-8-9-16(15(10-14)11-23)17-12-25-19(24)18(26-17)21-28-27-20(31-21)13-6-4-3-5-7-13/h3-7,9,12,14-15H,8,10H2,1-2H3,(H2,24,25)/t14-,15?/m1/s1. The summed E-state index contributed by atoms with van der Waals surface area (Å²) in [7, 11) is 3.46. The zero-order valence-electron chi connectivity index (χ0n) is 17.2. The van der Waals surface area contributed by atoms with Gasteiger partial charge < -0.3 is 10.6 Å². The van der Waals surface area contributed by atoms with E-state index in [1.54, 1.807) is 25.2 Å². The van der Waals surface area contributed by atoms with Gasteiger partial charge in [0.05, 0.1) is 23.9 Å². The zero-order chi connectivity index (χ0) is 22.0. The fourth-order valence-corrected chi connectivity index (χ4v) is 4.45. The highest BCUT2D eigenvalue weighted by Crippen LogP contribution is 2.37. The molecule has 0 radical (unpaired) electrons. The lowest BCUT2D eigenvalue weighted by molar-refractivity contribution is -0.133. The minimum absolute atomic E-state index is 0.0296. The third kappa shape index (κ3) is 4.15. The molecular formula is C22H21N7OS. The van der Waals surface area contributed by atoms with Crippen molar-refractivity contribution in [3.8, 4) is 27.3 Å². The highest BCUT2D eigenvalue weighted by molar-refractivity contribution is 7.17. The van der Waals surface area contributed by atoms with Crippen molar-refractivity contribution in [1.29, 1.82) is 5.26 Å². The van der Waals surface area contributed by atoms with Crippen LogP contribution in [0.15, 0.2) is 42.6 Å². The minimum Gasteiger partial charge on any atom is -0.382 e. The predicted octanol–water partition coefficient (Wildman–Crippen LogP) is 3.27. The van der Waals surface area contributed by atoms with Crippen molar-refractivity contribution in [3.63, 3.8) is 0 Å². The number of allylic oxidation sites excluding steroid dienone is 2. The molecule has 0 spiro atoms. The molecule has 4 rings (SSSR count). The van der Waals surface area contributed by atoms with Gasteiger partial charge in [-0.2, -0.15) is 5.26 Å². The number of anilines is 1. The number of hydrogen-bond acceptors (Lipinski definition) is 8. The van der Waals surface area contributed by atoms with Gasteiger partial charge >= 0.3 is 0 Å². The van der Waals surface area contributed by atoms with Crippen molar-refractivity contribution in [3.05, 3.63) is 48.3 Å². The largest absolute Gasteiger partial charge is 0.382 e. The molecule has 3 aromatic rings. The summed E-state index contributed by atoms with van der Waals surface area (Å²) in [6.45, 7) is 0. The predicted molar refractivity (Wildman–Crippen MR) is 119 cm³/mol. The zero-order valence-corrected chi connectivity index (χ0v) is 18.0. The second-order valence-corrected chi connectivity index (χ2v) is 8.49. The van der Waals surface area contributed by atoms with Gasteiger partial charge in [-0.05, 0) is 18.4 Å². The molecule has 0 saturated heterocycles. The van der Waals surface area contributed by atoms with Gasteiger partial charge in [-0.15, -0.1) is 10.2 Å². The van der Waals surface area contributed by atoms with Gasteiger partial charge in [0, 0.05) is 25.6 Å². The molecule has 0 aliphatic heterocycles. The summed E-state index contributed by atoms with van der Waals surface area (Å²) in [4.78, 5) is 22.9. The second kappa shape index (κ2) is 8.62. The maximum Gasteiger partial charge on any atom is 0.225 e. The molecular weight excluding hydrogens is 410 g/mol. The van der Waals surface area contributed by atoms with E-state index in [9.17, 15) is 10.1 Å². The van der Waals surface area contributed by atoms with Gasteiger partial charge in [0.1, 0.15) is 10.7 Å². The first kappa shape index (κ1) is 20.6. The number of nitrogens with two attached hydrogens (primary N) is 1. The van der Waals surface area contributed by atoms with Crippen LogP contribution in [0.5, 0.6) is 0 Å². The fourth-order valence-electron chi connectivity index (χ4n) is 3.60. The van der Waals surface area contributed by atoms with Crippen molar-refractivity contribution in [2.24, 2.45) is 11.8 Å². The van der Waals surface area contributed by atoms with Crippen LogP contribution < -0.4 is 5.73 Å². The first-order valence-corrected chi connectivity index (χ1v) is 10.6. The van der Waals surface area contributed by atoms with E-state index in [1.165, 1.54) is 11.3 Å². The normalized spacial score (nSPS) is 18.2. The number of amides is 1. The van der Waals surface area contributed by atoms with E-state index in [0.717, 1.165) is 16.1 Å². The Morgan fingerprint density at radius 2 is 1.97 bits per heavy atom. The van der Waals surface area contributed by atoms with Crippen LogP contribution in [0.25, 0.3) is 26.8 Å². The van der Waals surface area contributed by atoms with Crippen molar-refractivity contribution in [2.75, 3.05) is 19.8 Å². The van der Waals surface area contributed by atoms with Crippen molar-refractivity contribution < 1.29 is 4.79 Å². The Balaban J connectivity index is 1.66. The molecule has 2 aromatic heterocycles. The Labute approximate surface area is 184 Å². The maximum absolute atomic E-state index is 12.3. The Morgan fingerprint density at radius 1 is 1.23 bits per heavy atom.